The van der Waals surface area contributed by atoms with Crippen molar-refractivity contribution in [2.24, 2.45) is 4.99 Å². The van der Waals surface area contributed by atoms with Crippen LogP contribution >= 0.6 is 0 Å². The van der Waals surface area contributed by atoms with Gasteiger partial charge in [-0.15, -0.1) is 0 Å². The summed E-state index contributed by atoms with van der Waals surface area (Å²) in [7, 11) is 0. The van der Waals surface area contributed by atoms with E-state index in [2.05, 4.69) is 11.9 Å². The van der Waals surface area contributed by atoms with Gasteiger partial charge in [-0.05, 0) is 32.1 Å². The molecule has 2 N–H and O–H groups in total. The third-order valence-corrected chi connectivity index (χ3v) is 3.15. The van der Waals surface area contributed by atoms with Crippen LogP contribution in [0.1, 0.15) is 46.0 Å². The molecule has 0 saturated carbocycles. The van der Waals surface area contributed by atoms with Gasteiger partial charge in [-0.1, -0.05) is 31.9 Å². The van der Waals surface area contributed by atoms with Gasteiger partial charge in [0, 0.05) is 13.2 Å². The molecule has 0 fully saturated rings. The van der Waals surface area contributed by atoms with Crippen LogP contribution in [0.2, 0.25) is 0 Å². The summed E-state index contributed by atoms with van der Waals surface area (Å²) < 4.78 is 0. The standard InChI is InChI=1S/C15H28N2O4.Li/c1-3-4-5-6-7-9-14(19)16-12-17(10-8-11-18)13(2)15(20)21;/h7,9,13,18H,3-6,8,10-12H2,1-2H3,(H,16,19)(H,20,21);/q;+1/p-1/b9-7+;. The number of hydrogen-bond donors (Lipinski definition) is 2. The average Bonchev–Trinajstić information content (AvgIpc) is 2.46. The molecule has 0 heterocycles. The number of carbonyl (C=O) groups is 1. The Morgan fingerprint density at radius 1 is 1.36 bits per heavy atom. The number of unbranched alkanes of at least 4 members (excludes halogenated alkanes) is 3. The monoisotopic (exact) mass is 306 g/mol. The van der Waals surface area contributed by atoms with E-state index in [9.17, 15) is 9.90 Å². The van der Waals surface area contributed by atoms with E-state index in [0.29, 0.717) is 13.0 Å². The minimum Gasteiger partial charge on any atom is -0.859 e. The molecule has 0 aliphatic rings. The van der Waals surface area contributed by atoms with Crippen molar-refractivity contribution in [2.45, 2.75) is 52.0 Å². The Balaban J connectivity index is 0. The molecule has 6 nitrogen and oxygen atoms in total. The molecule has 0 aromatic carbocycles. The summed E-state index contributed by atoms with van der Waals surface area (Å²) in [5, 5.41) is 29.4. The number of aliphatic hydroxyl groups is 1. The number of nitrogens with zero attached hydrogens (tertiary/aromatic N) is 2. The number of hydrogen-bond acceptors (Lipinski definition) is 5. The van der Waals surface area contributed by atoms with Gasteiger partial charge in [-0.25, -0.2) is 0 Å². The summed E-state index contributed by atoms with van der Waals surface area (Å²) in [6, 6.07) is -0.735. The summed E-state index contributed by atoms with van der Waals surface area (Å²) >= 11 is 0. The van der Waals surface area contributed by atoms with Crippen LogP contribution in [-0.2, 0) is 4.79 Å². The Bertz CT molecular complexity index is 348. The van der Waals surface area contributed by atoms with Crippen LogP contribution in [0.25, 0.3) is 0 Å². The normalized spacial score (nSPS) is 13.4. The van der Waals surface area contributed by atoms with Crippen LogP contribution in [0, 0.1) is 0 Å². The van der Waals surface area contributed by atoms with Gasteiger partial charge in [-0.3, -0.25) is 14.7 Å². The minimum absolute atomic E-state index is 0. The molecule has 0 spiro atoms. The molecule has 22 heavy (non-hydrogen) atoms. The topological polar surface area (TPSA) is 96.2 Å². The Morgan fingerprint density at radius 2 is 2.05 bits per heavy atom. The first kappa shape index (κ1) is 23.5. The van der Waals surface area contributed by atoms with Crippen molar-refractivity contribution >= 4 is 11.9 Å². The maximum absolute atomic E-state index is 11.6. The van der Waals surface area contributed by atoms with E-state index in [4.69, 9.17) is 10.2 Å². The number of aliphatic hydroxyl groups excluding tert-OH is 1. The van der Waals surface area contributed by atoms with Gasteiger partial charge in [0.1, 0.15) is 6.04 Å². The number of rotatable bonds is 12. The van der Waals surface area contributed by atoms with Gasteiger partial charge in [0.2, 0.25) is 0 Å². The molecule has 122 valence electrons. The van der Waals surface area contributed by atoms with Crippen molar-refractivity contribution in [2.75, 3.05) is 19.8 Å². The first-order valence-corrected chi connectivity index (χ1v) is 7.48. The van der Waals surface area contributed by atoms with Gasteiger partial charge >= 0.3 is 24.8 Å². The molecule has 0 bridgehead atoms. The van der Waals surface area contributed by atoms with Crippen molar-refractivity contribution in [1.29, 1.82) is 0 Å². The fourth-order valence-corrected chi connectivity index (χ4v) is 1.73. The quantitative estimate of drug-likeness (QED) is 0.188. The van der Waals surface area contributed by atoms with E-state index >= 15 is 0 Å². The van der Waals surface area contributed by atoms with Gasteiger partial charge in [-0.2, -0.15) is 0 Å². The molecular weight excluding hydrogens is 279 g/mol. The Hall–Kier alpha value is -0.803. The maximum Gasteiger partial charge on any atom is 1.00 e. The molecule has 0 aromatic rings. The fraction of sp³-hybridized carbons (Fsp3) is 0.733. The van der Waals surface area contributed by atoms with Gasteiger partial charge in [0.15, 0.2) is 0 Å². The molecule has 1 atom stereocenters. The van der Waals surface area contributed by atoms with Crippen LogP contribution in [-0.4, -0.2) is 52.8 Å². The van der Waals surface area contributed by atoms with E-state index in [1.54, 1.807) is 17.9 Å². The fourth-order valence-electron chi connectivity index (χ4n) is 1.73. The van der Waals surface area contributed by atoms with E-state index in [1.165, 1.54) is 6.08 Å². The predicted molar refractivity (Wildman–Crippen MR) is 81.1 cm³/mol. The van der Waals surface area contributed by atoms with Crippen molar-refractivity contribution in [1.82, 2.24) is 4.90 Å². The molecule has 7 heteroatoms. The second-order valence-electron chi connectivity index (χ2n) is 4.94. The third-order valence-electron chi connectivity index (χ3n) is 3.15. The minimum atomic E-state index is -0.967. The molecule has 0 rings (SSSR count). The van der Waals surface area contributed by atoms with Gasteiger partial charge in [0.25, 0.3) is 0 Å². The van der Waals surface area contributed by atoms with Crippen LogP contribution < -0.4 is 24.0 Å². The average molecular weight is 306 g/mol. The number of carboxylic acids is 1. The van der Waals surface area contributed by atoms with E-state index in [-0.39, 0.29) is 38.0 Å². The van der Waals surface area contributed by atoms with E-state index in [1.807, 2.05) is 0 Å². The zero-order chi connectivity index (χ0) is 16.1. The Labute approximate surface area is 145 Å². The first-order valence-electron chi connectivity index (χ1n) is 7.48. The van der Waals surface area contributed by atoms with Crippen LogP contribution in [0.4, 0.5) is 0 Å². The van der Waals surface area contributed by atoms with Crippen molar-refractivity contribution in [3.63, 3.8) is 0 Å². The molecule has 0 saturated heterocycles. The molecule has 0 aliphatic carbocycles. The van der Waals surface area contributed by atoms with Crippen molar-refractivity contribution in [3.8, 4) is 0 Å². The first-order chi connectivity index (χ1) is 10.0. The molecule has 0 aromatic heterocycles. The number of allylic oxidation sites excluding steroid dienone is 1. The number of aliphatic carboxylic acids is 1. The van der Waals surface area contributed by atoms with Crippen LogP contribution in [0.3, 0.4) is 0 Å². The summed E-state index contributed by atoms with van der Waals surface area (Å²) in [5.41, 5.74) is 0. The number of aliphatic imine (C=N–C) groups is 1. The molecule has 0 amide bonds. The smallest absolute Gasteiger partial charge is 0.859 e. The Kier molecular flexibility index (Phi) is 16.1. The van der Waals surface area contributed by atoms with Crippen LogP contribution in [0.5, 0.6) is 0 Å². The molecule has 0 radical (unpaired) electrons. The zero-order valence-corrected chi connectivity index (χ0v) is 14.0. The summed E-state index contributed by atoms with van der Waals surface area (Å²) in [6.07, 6.45) is 7.88. The number of carboxylic acid groups (broad SMARTS) is 1. The SMILES string of the molecule is CCCCC/C=C/C([O-])=NCN(CCCO)C(C)C(=O)O.[Li+]. The largest absolute Gasteiger partial charge is 1.00 e. The van der Waals surface area contributed by atoms with E-state index in [0.717, 1.165) is 25.7 Å². The second-order valence-corrected chi connectivity index (χ2v) is 4.94. The van der Waals surface area contributed by atoms with Crippen molar-refractivity contribution < 1.29 is 39.0 Å². The molecule has 1 unspecified atom stereocenters. The summed E-state index contributed by atoms with van der Waals surface area (Å²) in [6.45, 7) is 4.07. The van der Waals surface area contributed by atoms with Gasteiger partial charge in [0.05, 0.1) is 6.67 Å². The van der Waals surface area contributed by atoms with Crippen LogP contribution in [0.15, 0.2) is 17.1 Å². The van der Waals surface area contributed by atoms with E-state index < -0.39 is 12.0 Å². The summed E-state index contributed by atoms with van der Waals surface area (Å²) in [5.74, 6) is -1.32. The zero-order valence-electron chi connectivity index (χ0n) is 14.0. The third kappa shape index (κ3) is 11.8. The maximum atomic E-state index is 11.6. The second kappa shape index (κ2) is 15.1. The predicted octanol–water partition coefficient (Wildman–Crippen LogP) is -2.00. The Morgan fingerprint density at radius 3 is 2.59 bits per heavy atom. The van der Waals surface area contributed by atoms with Gasteiger partial charge < -0.3 is 15.3 Å². The molecule has 0 aliphatic heterocycles. The summed E-state index contributed by atoms with van der Waals surface area (Å²) in [4.78, 5) is 16.4. The molecular formula is C15H27LiN2O4. The van der Waals surface area contributed by atoms with Crippen molar-refractivity contribution in [3.05, 3.63) is 12.2 Å².